The van der Waals surface area contributed by atoms with Crippen molar-refractivity contribution < 1.29 is 17.9 Å². The van der Waals surface area contributed by atoms with E-state index in [1.54, 1.807) is 30.3 Å². The maximum Gasteiger partial charge on any atom is 0.322 e. The van der Waals surface area contributed by atoms with E-state index in [2.05, 4.69) is 34.0 Å². The molecule has 2 N–H and O–H groups in total. The van der Waals surface area contributed by atoms with Crippen LogP contribution in [-0.2, 0) is 16.6 Å². The average molecular weight is 599 g/mol. The van der Waals surface area contributed by atoms with Crippen molar-refractivity contribution >= 4 is 39.0 Å². The van der Waals surface area contributed by atoms with Crippen LogP contribution in [0.2, 0.25) is 5.02 Å². The number of piperidine rings is 1. The largest absolute Gasteiger partial charge is 0.457 e. The zero-order valence-electron chi connectivity index (χ0n) is 23.9. The number of nitrogens with zero attached hydrogens (tertiary/aromatic N) is 2. The van der Waals surface area contributed by atoms with Crippen LogP contribution in [0, 0.1) is 6.92 Å². The van der Waals surface area contributed by atoms with Crippen molar-refractivity contribution in [3.63, 3.8) is 0 Å². The number of anilines is 2. The van der Waals surface area contributed by atoms with Gasteiger partial charge >= 0.3 is 6.03 Å². The van der Waals surface area contributed by atoms with E-state index >= 15 is 0 Å². The molecule has 41 heavy (non-hydrogen) atoms. The second-order valence-electron chi connectivity index (χ2n) is 10.6. The summed E-state index contributed by atoms with van der Waals surface area (Å²) in [6.45, 7) is 7.49. The summed E-state index contributed by atoms with van der Waals surface area (Å²) >= 11 is 6.37. The highest BCUT2D eigenvalue weighted by atomic mass is 35.5. The topological polar surface area (TPSA) is 91.0 Å². The van der Waals surface area contributed by atoms with Gasteiger partial charge in [-0.1, -0.05) is 49.2 Å². The number of sulfonamides is 1. The van der Waals surface area contributed by atoms with Gasteiger partial charge in [0.15, 0.2) is 0 Å². The van der Waals surface area contributed by atoms with Crippen LogP contribution >= 0.6 is 11.6 Å². The van der Waals surface area contributed by atoms with Gasteiger partial charge in [0.1, 0.15) is 11.5 Å². The number of para-hydroxylation sites is 1. The molecule has 3 aromatic carbocycles. The lowest BCUT2D eigenvalue weighted by Gasteiger charge is -2.38. The van der Waals surface area contributed by atoms with Crippen molar-refractivity contribution in [3.05, 3.63) is 82.9 Å². The summed E-state index contributed by atoms with van der Waals surface area (Å²) in [5.41, 5.74) is 3.32. The molecule has 0 atom stereocenters. The molecule has 2 amide bonds. The number of nitrogens with one attached hydrogen (secondary N) is 2. The number of amides is 2. The molecule has 1 aliphatic rings. The number of likely N-dealkylation sites (tertiary alicyclic amines) is 1. The summed E-state index contributed by atoms with van der Waals surface area (Å²) in [4.78, 5) is 17.8. The summed E-state index contributed by atoms with van der Waals surface area (Å²) in [5.74, 6) is 1.34. The van der Waals surface area contributed by atoms with Gasteiger partial charge in [-0.3, -0.25) is 9.62 Å². The lowest BCUT2D eigenvalue weighted by atomic mass is 10.0. The number of aryl methyl sites for hydroxylation is 1. The van der Waals surface area contributed by atoms with Crippen molar-refractivity contribution in [2.24, 2.45) is 0 Å². The predicted molar refractivity (Wildman–Crippen MR) is 167 cm³/mol. The van der Waals surface area contributed by atoms with E-state index in [-0.39, 0.29) is 12.1 Å². The van der Waals surface area contributed by atoms with Gasteiger partial charge in [-0.2, -0.15) is 0 Å². The third-order valence-corrected chi connectivity index (χ3v) is 8.11. The molecule has 0 aliphatic carbocycles. The van der Waals surface area contributed by atoms with Gasteiger partial charge in [0.2, 0.25) is 10.0 Å². The summed E-state index contributed by atoms with van der Waals surface area (Å²) in [5, 5.41) is 3.63. The molecule has 8 nitrogen and oxygen atoms in total. The first kappa shape index (κ1) is 30.7. The Morgan fingerprint density at radius 1 is 1.02 bits per heavy atom. The van der Waals surface area contributed by atoms with Gasteiger partial charge in [-0.05, 0) is 79.8 Å². The Labute approximate surface area is 248 Å². The molecule has 4 rings (SSSR count). The third kappa shape index (κ3) is 9.11. The van der Waals surface area contributed by atoms with Gasteiger partial charge in [0, 0.05) is 37.9 Å². The number of rotatable bonds is 11. The maximum absolute atomic E-state index is 13.3. The number of halogens is 1. The Bertz CT molecular complexity index is 1390. The zero-order chi connectivity index (χ0) is 29.4. The first-order valence-corrected chi connectivity index (χ1v) is 16.3. The third-order valence-electron chi connectivity index (χ3n) is 7.19. The Balaban J connectivity index is 1.29. The number of ether oxygens (including phenoxy) is 1. The molecular weight excluding hydrogens is 560 g/mol. The van der Waals surface area contributed by atoms with Gasteiger partial charge in [-0.15, -0.1) is 0 Å². The van der Waals surface area contributed by atoms with Crippen molar-refractivity contribution in [2.45, 2.75) is 52.1 Å². The number of carbonyl (C=O) groups excluding carboxylic acids is 1. The molecule has 3 aromatic rings. The summed E-state index contributed by atoms with van der Waals surface area (Å²) < 4.78 is 31.1. The molecule has 0 spiro atoms. The van der Waals surface area contributed by atoms with Crippen LogP contribution in [0.3, 0.4) is 0 Å². The first-order valence-electron chi connectivity index (χ1n) is 14.0. The summed E-state index contributed by atoms with van der Waals surface area (Å²) in [6.07, 6.45) is 4.95. The SMILES string of the molecule is CCCCN(C(=O)Nc1c(C)cccc1Cl)C1CCN(Cc2ccc(Oc3ccc(NS(C)(=O)=O)cc3)cc2)CC1. The van der Waals surface area contributed by atoms with E-state index in [4.69, 9.17) is 16.3 Å². The molecular formula is C31H39ClN4O4S. The minimum Gasteiger partial charge on any atom is -0.457 e. The molecule has 1 aliphatic heterocycles. The lowest BCUT2D eigenvalue weighted by molar-refractivity contribution is 0.122. The van der Waals surface area contributed by atoms with Crippen LogP contribution in [0.15, 0.2) is 66.7 Å². The van der Waals surface area contributed by atoms with Gasteiger partial charge < -0.3 is 15.0 Å². The van der Waals surface area contributed by atoms with Crippen LogP contribution < -0.4 is 14.8 Å². The predicted octanol–water partition coefficient (Wildman–Crippen LogP) is 7.11. The second kappa shape index (κ2) is 14.1. The van der Waals surface area contributed by atoms with Crippen molar-refractivity contribution in [1.82, 2.24) is 9.80 Å². The van der Waals surface area contributed by atoms with Gasteiger partial charge in [-0.25, -0.2) is 13.2 Å². The number of hydrogen-bond acceptors (Lipinski definition) is 5. The number of carbonyl (C=O) groups is 1. The number of benzene rings is 3. The smallest absolute Gasteiger partial charge is 0.322 e. The summed E-state index contributed by atoms with van der Waals surface area (Å²) in [7, 11) is -3.32. The average Bonchev–Trinajstić information content (AvgIpc) is 2.93. The molecule has 220 valence electrons. The molecule has 0 saturated carbocycles. The molecule has 0 bridgehead atoms. The number of urea groups is 1. The quantitative estimate of drug-likeness (QED) is 0.245. The van der Waals surface area contributed by atoms with Crippen LogP contribution in [0.25, 0.3) is 0 Å². The van der Waals surface area contributed by atoms with E-state index in [1.807, 2.05) is 36.1 Å². The van der Waals surface area contributed by atoms with Crippen LogP contribution in [0.1, 0.15) is 43.7 Å². The maximum atomic E-state index is 13.3. The minimum atomic E-state index is -3.32. The lowest BCUT2D eigenvalue weighted by Crippen LogP contribution is -2.49. The van der Waals surface area contributed by atoms with E-state index < -0.39 is 10.0 Å². The van der Waals surface area contributed by atoms with E-state index in [1.165, 1.54) is 5.56 Å². The first-order chi connectivity index (χ1) is 19.6. The fraction of sp³-hybridized carbons (Fsp3) is 0.387. The van der Waals surface area contributed by atoms with E-state index in [9.17, 15) is 13.2 Å². The number of unbranched alkanes of at least 4 members (excludes halogenated alkanes) is 1. The highest BCUT2D eigenvalue weighted by molar-refractivity contribution is 7.92. The molecule has 1 fully saturated rings. The van der Waals surface area contributed by atoms with Crippen LogP contribution in [0.5, 0.6) is 11.5 Å². The molecule has 0 radical (unpaired) electrons. The standard InChI is InChI=1S/C31H39ClN4O4S/c1-4-5-19-36(31(37)33-30-23(2)7-6-8-29(30)32)26-17-20-35(21-18-26)22-24-9-13-27(14-10-24)40-28-15-11-25(12-16-28)34-41(3,38)39/h6-16,26,34H,4-5,17-22H2,1-3H3,(H,33,37). The molecule has 0 unspecified atom stereocenters. The van der Waals surface area contributed by atoms with E-state index in [0.29, 0.717) is 27.9 Å². The second-order valence-corrected chi connectivity index (χ2v) is 12.7. The Morgan fingerprint density at radius 3 is 2.24 bits per heavy atom. The van der Waals surface area contributed by atoms with Crippen molar-refractivity contribution in [2.75, 3.05) is 35.9 Å². The normalized spacial score (nSPS) is 14.4. The van der Waals surface area contributed by atoms with E-state index in [0.717, 1.165) is 63.7 Å². The Kier molecular flexibility index (Phi) is 10.5. The fourth-order valence-corrected chi connectivity index (χ4v) is 5.83. The number of hydrogen-bond donors (Lipinski definition) is 2. The molecule has 0 aromatic heterocycles. The highest BCUT2D eigenvalue weighted by Gasteiger charge is 2.28. The monoisotopic (exact) mass is 598 g/mol. The molecule has 10 heteroatoms. The highest BCUT2D eigenvalue weighted by Crippen LogP contribution is 2.28. The van der Waals surface area contributed by atoms with Gasteiger partial charge in [0.25, 0.3) is 0 Å². The zero-order valence-corrected chi connectivity index (χ0v) is 25.5. The Hall–Kier alpha value is -3.27. The molecule has 1 saturated heterocycles. The minimum absolute atomic E-state index is 0.0787. The van der Waals surface area contributed by atoms with Gasteiger partial charge in [0.05, 0.1) is 17.0 Å². The molecule has 1 heterocycles. The van der Waals surface area contributed by atoms with Crippen molar-refractivity contribution in [3.8, 4) is 11.5 Å². The fourth-order valence-electron chi connectivity index (χ4n) is 5.00. The van der Waals surface area contributed by atoms with Crippen LogP contribution in [-0.4, -0.2) is 56.2 Å². The summed E-state index contributed by atoms with van der Waals surface area (Å²) in [6, 6.07) is 20.6. The Morgan fingerprint density at radius 2 is 1.66 bits per heavy atom. The van der Waals surface area contributed by atoms with Crippen LogP contribution in [0.4, 0.5) is 16.2 Å². The van der Waals surface area contributed by atoms with Crippen molar-refractivity contribution in [1.29, 1.82) is 0 Å².